The summed E-state index contributed by atoms with van der Waals surface area (Å²) in [6, 6.07) is 43.5. The number of hydrogen-bond donors (Lipinski definition) is 0. The summed E-state index contributed by atoms with van der Waals surface area (Å²) in [7, 11) is 1.75. The van der Waals surface area contributed by atoms with Crippen LogP contribution < -0.4 is 4.74 Å². The minimum absolute atomic E-state index is 0.874. The van der Waals surface area contributed by atoms with Gasteiger partial charge in [-0.2, -0.15) is 0 Å². The van der Waals surface area contributed by atoms with Crippen LogP contribution in [0.5, 0.6) is 5.75 Å². The van der Waals surface area contributed by atoms with Crippen LogP contribution in [-0.4, -0.2) is 7.11 Å². The number of benzene rings is 6. The van der Waals surface area contributed by atoms with E-state index in [1.807, 2.05) is 0 Å². The van der Waals surface area contributed by atoms with Gasteiger partial charge in [0.05, 0.1) is 7.11 Å². The van der Waals surface area contributed by atoms with Crippen LogP contribution >= 0.6 is 0 Å². The Kier molecular flexibility index (Phi) is 5.31. The predicted octanol–water partition coefficient (Wildman–Crippen LogP) is 9.31. The number of ether oxygens (including phenoxy) is 1. The van der Waals surface area contributed by atoms with Crippen LogP contribution in [0.1, 0.15) is 5.56 Å². The summed E-state index contributed by atoms with van der Waals surface area (Å²) in [5.41, 5.74) is 8.35. The maximum absolute atomic E-state index is 5.86. The molecule has 6 aromatic carbocycles. The van der Waals surface area contributed by atoms with Gasteiger partial charge >= 0.3 is 0 Å². The minimum atomic E-state index is 0.874. The highest BCUT2D eigenvalue weighted by Gasteiger charge is 2.15. The van der Waals surface area contributed by atoms with Crippen molar-refractivity contribution in [3.05, 3.63) is 127 Å². The van der Waals surface area contributed by atoms with Gasteiger partial charge in [-0.05, 0) is 74.5 Å². The van der Waals surface area contributed by atoms with Crippen LogP contribution in [0.25, 0.3) is 54.9 Å². The highest BCUT2D eigenvalue weighted by Crippen LogP contribution is 2.42. The van der Waals surface area contributed by atoms with Crippen molar-refractivity contribution in [3.8, 4) is 39.1 Å². The van der Waals surface area contributed by atoms with Gasteiger partial charge in [0.25, 0.3) is 0 Å². The Bertz CT molecular complexity index is 1690. The summed E-state index contributed by atoms with van der Waals surface area (Å²) in [4.78, 5) is 0. The van der Waals surface area contributed by atoms with E-state index in [0.29, 0.717) is 0 Å². The van der Waals surface area contributed by atoms with Crippen LogP contribution in [0.15, 0.2) is 121 Å². The average molecular weight is 451 g/mol. The Morgan fingerprint density at radius 1 is 0.457 bits per heavy atom. The van der Waals surface area contributed by atoms with Gasteiger partial charge < -0.3 is 4.74 Å². The number of aryl methyl sites for hydroxylation is 1. The van der Waals surface area contributed by atoms with Gasteiger partial charge in [-0.15, -0.1) is 0 Å². The zero-order valence-electron chi connectivity index (χ0n) is 20.0. The first-order chi connectivity index (χ1) is 17.2. The molecule has 0 unspecified atom stereocenters. The van der Waals surface area contributed by atoms with Gasteiger partial charge in [0, 0.05) is 5.56 Å². The highest BCUT2D eigenvalue weighted by atomic mass is 16.5. The normalized spacial score (nSPS) is 11.1. The molecule has 0 bridgehead atoms. The largest absolute Gasteiger partial charge is 0.496 e. The van der Waals surface area contributed by atoms with Gasteiger partial charge in [-0.3, -0.25) is 0 Å². The van der Waals surface area contributed by atoms with E-state index in [-0.39, 0.29) is 0 Å². The van der Waals surface area contributed by atoms with E-state index >= 15 is 0 Å². The van der Waals surface area contributed by atoms with Gasteiger partial charge in [0.1, 0.15) is 5.75 Å². The van der Waals surface area contributed by atoms with Crippen molar-refractivity contribution in [1.82, 2.24) is 0 Å². The van der Waals surface area contributed by atoms with E-state index in [1.165, 1.54) is 54.9 Å². The van der Waals surface area contributed by atoms with Crippen molar-refractivity contribution >= 4 is 21.5 Å². The van der Waals surface area contributed by atoms with Crippen LogP contribution in [0.2, 0.25) is 0 Å². The van der Waals surface area contributed by atoms with E-state index < -0.39 is 0 Å². The third-order valence-corrected chi connectivity index (χ3v) is 6.82. The average Bonchev–Trinajstić information content (AvgIpc) is 2.92. The summed E-state index contributed by atoms with van der Waals surface area (Å²) < 4.78 is 5.86. The molecule has 0 N–H and O–H groups in total. The lowest BCUT2D eigenvalue weighted by atomic mass is 9.89. The van der Waals surface area contributed by atoms with Crippen molar-refractivity contribution in [3.63, 3.8) is 0 Å². The maximum Gasteiger partial charge on any atom is 0.126 e. The summed E-state index contributed by atoms with van der Waals surface area (Å²) >= 11 is 0. The van der Waals surface area contributed by atoms with Crippen LogP contribution in [0.3, 0.4) is 0 Å². The SMILES string of the molecule is COc1ccc(-c2cc3ccccc3c3ccccc23)cc1-c1ccccc1-c1cccc(C)c1. The molecule has 35 heavy (non-hydrogen) atoms. The molecule has 1 heteroatoms. The van der Waals surface area contributed by atoms with E-state index in [9.17, 15) is 0 Å². The first-order valence-corrected chi connectivity index (χ1v) is 12.0. The third kappa shape index (κ3) is 3.76. The van der Waals surface area contributed by atoms with Crippen molar-refractivity contribution in [2.24, 2.45) is 0 Å². The minimum Gasteiger partial charge on any atom is -0.496 e. The molecule has 0 radical (unpaired) electrons. The molecule has 0 aliphatic heterocycles. The van der Waals surface area contributed by atoms with Crippen LogP contribution in [0.4, 0.5) is 0 Å². The monoisotopic (exact) mass is 450 g/mol. The fourth-order valence-electron chi connectivity index (χ4n) is 5.16. The second-order valence-electron chi connectivity index (χ2n) is 9.02. The van der Waals surface area contributed by atoms with Gasteiger partial charge in [0.2, 0.25) is 0 Å². The summed E-state index contributed by atoms with van der Waals surface area (Å²) in [5, 5.41) is 5.07. The molecule has 0 amide bonds. The molecule has 0 fully saturated rings. The first kappa shape index (κ1) is 21.2. The Labute approximate surface area is 206 Å². The molecule has 6 aromatic rings. The smallest absolute Gasteiger partial charge is 0.126 e. The Morgan fingerprint density at radius 3 is 1.94 bits per heavy atom. The van der Waals surface area contributed by atoms with Crippen LogP contribution in [-0.2, 0) is 0 Å². The highest BCUT2D eigenvalue weighted by molar-refractivity contribution is 6.14. The molecule has 0 aliphatic rings. The second kappa shape index (κ2) is 8.77. The molecule has 0 saturated carbocycles. The van der Waals surface area contributed by atoms with Crippen molar-refractivity contribution in [1.29, 1.82) is 0 Å². The molecule has 0 saturated heterocycles. The zero-order valence-corrected chi connectivity index (χ0v) is 20.0. The fourth-order valence-corrected chi connectivity index (χ4v) is 5.16. The van der Waals surface area contributed by atoms with Gasteiger partial charge in [-0.25, -0.2) is 0 Å². The Balaban J connectivity index is 1.61. The number of hydrogen-bond acceptors (Lipinski definition) is 1. The zero-order chi connectivity index (χ0) is 23.8. The van der Waals surface area contributed by atoms with Crippen molar-refractivity contribution < 1.29 is 4.74 Å². The quantitative estimate of drug-likeness (QED) is 0.243. The van der Waals surface area contributed by atoms with Crippen LogP contribution in [0, 0.1) is 6.92 Å². The molecule has 0 atom stereocenters. The molecule has 6 rings (SSSR count). The lowest BCUT2D eigenvalue weighted by Gasteiger charge is -2.17. The molecule has 0 heterocycles. The van der Waals surface area contributed by atoms with Crippen molar-refractivity contribution in [2.45, 2.75) is 6.92 Å². The molecular weight excluding hydrogens is 424 g/mol. The number of methoxy groups -OCH3 is 1. The molecular formula is C34H26O. The fraction of sp³-hybridized carbons (Fsp3) is 0.0588. The third-order valence-electron chi connectivity index (χ3n) is 6.82. The Hall–Kier alpha value is -4.36. The van der Waals surface area contributed by atoms with E-state index in [1.54, 1.807) is 7.11 Å². The summed E-state index contributed by atoms with van der Waals surface area (Å²) in [6.07, 6.45) is 0. The van der Waals surface area contributed by atoms with E-state index in [4.69, 9.17) is 4.74 Å². The number of rotatable bonds is 4. The molecule has 0 aromatic heterocycles. The summed E-state index contributed by atoms with van der Waals surface area (Å²) in [6.45, 7) is 2.14. The lowest BCUT2D eigenvalue weighted by molar-refractivity contribution is 0.416. The van der Waals surface area contributed by atoms with E-state index in [0.717, 1.165) is 11.3 Å². The first-order valence-electron chi connectivity index (χ1n) is 12.0. The van der Waals surface area contributed by atoms with Gasteiger partial charge in [-0.1, -0.05) is 109 Å². The lowest BCUT2D eigenvalue weighted by Crippen LogP contribution is -1.92. The van der Waals surface area contributed by atoms with E-state index in [2.05, 4.69) is 128 Å². The molecule has 1 nitrogen and oxygen atoms in total. The summed E-state index contributed by atoms with van der Waals surface area (Å²) in [5.74, 6) is 0.874. The molecule has 168 valence electrons. The molecule has 0 spiro atoms. The molecule has 0 aliphatic carbocycles. The Morgan fingerprint density at radius 2 is 1.14 bits per heavy atom. The predicted molar refractivity (Wildman–Crippen MR) is 149 cm³/mol. The standard InChI is InChI=1S/C34H26O/c1-23-10-9-12-24(20-23)27-14-5-6-16-30(27)33-22-26(18-19-34(33)35-2)32-21-25-11-3-4-13-28(25)29-15-7-8-17-31(29)32/h3-22H,1-2H3. The second-order valence-corrected chi connectivity index (χ2v) is 9.02. The van der Waals surface area contributed by atoms with Crippen molar-refractivity contribution in [2.75, 3.05) is 7.11 Å². The maximum atomic E-state index is 5.86. The number of fused-ring (bicyclic) bond motifs is 3. The van der Waals surface area contributed by atoms with Gasteiger partial charge in [0.15, 0.2) is 0 Å². The topological polar surface area (TPSA) is 9.23 Å².